The zero-order valence-corrected chi connectivity index (χ0v) is 17.4. The summed E-state index contributed by atoms with van der Waals surface area (Å²) in [7, 11) is 4.04. The predicted molar refractivity (Wildman–Crippen MR) is 114 cm³/mol. The number of anilines is 1. The zero-order valence-electron chi connectivity index (χ0n) is 17.4. The Morgan fingerprint density at radius 1 is 1.10 bits per heavy atom. The summed E-state index contributed by atoms with van der Waals surface area (Å²) in [4.78, 5) is 29.1. The van der Waals surface area contributed by atoms with Crippen molar-refractivity contribution in [3.8, 4) is 11.5 Å². The van der Waals surface area contributed by atoms with Crippen molar-refractivity contribution in [3.63, 3.8) is 0 Å². The van der Waals surface area contributed by atoms with Gasteiger partial charge in [-0.3, -0.25) is 9.59 Å². The number of amides is 2. The van der Waals surface area contributed by atoms with Gasteiger partial charge >= 0.3 is 0 Å². The van der Waals surface area contributed by atoms with Gasteiger partial charge in [0, 0.05) is 37.8 Å². The Kier molecular flexibility index (Phi) is 5.90. The molecule has 4 rings (SSSR count). The highest BCUT2D eigenvalue weighted by molar-refractivity contribution is 6.00. The molecule has 1 N–H and O–H groups in total. The van der Waals surface area contributed by atoms with Gasteiger partial charge in [-0.15, -0.1) is 0 Å². The molecule has 2 aliphatic heterocycles. The van der Waals surface area contributed by atoms with Crippen molar-refractivity contribution in [2.75, 3.05) is 38.8 Å². The maximum absolute atomic E-state index is 12.8. The molecular weight excluding hydrogens is 382 g/mol. The predicted octanol–water partition coefficient (Wildman–Crippen LogP) is 2.19. The van der Waals surface area contributed by atoms with Gasteiger partial charge in [-0.25, -0.2) is 0 Å². The normalized spacial score (nSPS) is 18.0. The monoisotopic (exact) mass is 409 g/mol. The van der Waals surface area contributed by atoms with E-state index in [0.29, 0.717) is 37.8 Å². The van der Waals surface area contributed by atoms with Gasteiger partial charge in [-0.1, -0.05) is 24.3 Å². The molecule has 0 spiro atoms. The third-order valence-electron chi connectivity index (χ3n) is 5.39. The molecule has 0 saturated carbocycles. The van der Waals surface area contributed by atoms with Crippen LogP contribution in [0.25, 0.3) is 0 Å². The number of nitrogens with zero attached hydrogens (tertiary/aromatic N) is 2. The molecule has 1 atom stereocenters. The molecule has 0 unspecified atom stereocenters. The van der Waals surface area contributed by atoms with Crippen LogP contribution in [-0.4, -0.2) is 50.6 Å². The molecular formula is C23H27N3O4. The first-order valence-corrected chi connectivity index (χ1v) is 10.2. The van der Waals surface area contributed by atoms with Gasteiger partial charge in [0.2, 0.25) is 11.8 Å². The van der Waals surface area contributed by atoms with Crippen molar-refractivity contribution in [2.24, 2.45) is 5.92 Å². The first-order valence-electron chi connectivity index (χ1n) is 10.2. The molecule has 7 nitrogen and oxygen atoms in total. The zero-order chi connectivity index (χ0) is 21.1. The van der Waals surface area contributed by atoms with Gasteiger partial charge in [-0.05, 0) is 37.4 Å². The Bertz CT molecular complexity index is 944. The fourth-order valence-electron chi connectivity index (χ4n) is 3.88. The number of benzene rings is 2. The summed E-state index contributed by atoms with van der Waals surface area (Å²) >= 11 is 0. The van der Waals surface area contributed by atoms with E-state index in [-0.39, 0.29) is 24.2 Å². The minimum Gasteiger partial charge on any atom is -0.486 e. The minimum atomic E-state index is -0.369. The number of hydrogen-bond acceptors (Lipinski definition) is 5. The maximum Gasteiger partial charge on any atom is 0.227 e. The minimum absolute atomic E-state index is 0.0557. The van der Waals surface area contributed by atoms with Crippen molar-refractivity contribution in [1.82, 2.24) is 10.2 Å². The maximum atomic E-state index is 12.8. The van der Waals surface area contributed by atoms with Crippen LogP contribution in [-0.2, 0) is 22.7 Å². The lowest BCUT2D eigenvalue weighted by Gasteiger charge is -2.22. The van der Waals surface area contributed by atoms with Crippen LogP contribution in [0.4, 0.5) is 5.69 Å². The summed E-state index contributed by atoms with van der Waals surface area (Å²) < 4.78 is 11.2. The molecule has 2 aromatic rings. The highest BCUT2D eigenvalue weighted by atomic mass is 16.6. The average molecular weight is 409 g/mol. The molecule has 0 bridgehead atoms. The molecule has 7 heteroatoms. The third kappa shape index (κ3) is 4.41. The summed E-state index contributed by atoms with van der Waals surface area (Å²) in [5.41, 5.74) is 3.01. The Hall–Kier alpha value is -3.06. The topological polar surface area (TPSA) is 71.1 Å². The lowest BCUT2D eigenvalue weighted by atomic mass is 10.1. The summed E-state index contributed by atoms with van der Waals surface area (Å²) in [5, 5.41) is 3.02. The van der Waals surface area contributed by atoms with E-state index >= 15 is 0 Å². The first-order chi connectivity index (χ1) is 14.5. The van der Waals surface area contributed by atoms with E-state index in [1.807, 2.05) is 50.5 Å². The van der Waals surface area contributed by atoms with Crippen LogP contribution in [0.2, 0.25) is 0 Å². The van der Waals surface area contributed by atoms with Crippen LogP contribution >= 0.6 is 0 Å². The van der Waals surface area contributed by atoms with Crippen LogP contribution in [0.1, 0.15) is 17.5 Å². The molecule has 30 heavy (non-hydrogen) atoms. The third-order valence-corrected chi connectivity index (χ3v) is 5.39. The molecule has 2 amide bonds. The Morgan fingerprint density at radius 3 is 2.60 bits per heavy atom. The fraction of sp³-hybridized carbons (Fsp3) is 0.391. The molecule has 158 valence electrons. The molecule has 0 radical (unpaired) electrons. The number of fused-ring (bicyclic) bond motifs is 1. The number of carbonyl (C=O) groups is 2. The van der Waals surface area contributed by atoms with Gasteiger partial charge in [0.1, 0.15) is 13.2 Å². The molecule has 2 heterocycles. The van der Waals surface area contributed by atoms with E-state index in [9.17, 15) is 9.59 Å². The fourth-order valence-corrected chi connectivity index (χ4v) is 3.88. The van der Waals surface area contributed by atoms with E-state index in [0.717, 1.165) is 17.8 Å². The smallest absolute Gasteiger partial charge is 0.227 e. The van der Waals surface area contributed by atoms with E-state index in [2.05, 4.69) is 16.3 Å². The standard InChI is InChI=1S/C23H27N3O4/c1-25(2)14-17-6-4-3-5-16(17)13-24-23(28)18-11-22(27)26(15-18)19-7-8-20-21(12-19)30-10-9-29-20/h3-8,12,18H,9-11,13-15H2,1-2H3,(H,24,28)/t18-/m0/s1. The van der Waals surface area contributed by atoms with Gasteiger partial charge in [0.15, 0.2) is 11.5 Å². The number of carbonyl (C=O) groups excluding carboxylic acids is 2. The molecule has 2 aromatic carbocycles. The largest absolute Gasteiger partial charge is 0.486 e. The van der Waals surface area contributed by atoms with Crippen LogP contribution < -0.4 is 19.7 Å². The SMILES string of the molecule is CN(C)Cc1ccccc1CNC(=O)[C@H]1CC(=O)N(c2ccc3c(c2)OCCO3)C1. The van der Waals surface area contributed by atoms with Crippen molar-refractivity contribution >= 4 is 17.5 Å². The van der Waals surface area contributed by atoms with Gasteiger partial charge in [-0.2, -0.15) is 0 Å². The van der Waals surface area contributed by atoms with E-state index in [4.69, 9.17) is 9.47 Å². The summed E-state index contributed by atoms with van der Waals surface area (Å²) in [6.45, 7) is 2.65. The van der Waals surface area contributed by atoms with Gasteiger partial charge in [0.05, 0.1) is 5.92 Å². The van der Waals surface area contributed by atoms with Crippen LogP contribution in [0, 0.1) is 5.92 Å². The number of ether oxygens (including phenoxy) is 2. The molecule has 2 aliphatic rings. The Labute approximate surface area is 176 Å². The van der Waals surface area contributed by atoms with E-state index in [1.54, 1.807) is 4.90 Å². The molecule has 0 aliphatic carbocycles. The van der Waals surface area contributed by atoms with Crippen molar-refractivity contribution in [1.29, 1.82) is 0 Å². The van der Waals surface area contributed by atoms with Crippen molar-refractivity contribution in [3.05, 3.63) is 53.6 Å². The van der Waals surface area contributed by atoms with Gasteiger partial charge in [0.25, 0.3) is 0 Å². The second-order valence-corrected chi connectivity index (χ2v) is 7.96. The lowest BCUT2D eigenvalue weighted by Crippen LogP contribution is -2.33. The van der Waals surface area contributed by atoms with Crippen LogP contribution in [0.5, 0.6) is 11.5 Å². The average Bonchev–Trinajstić information content (AvgIpc) is 3.14. The highest BCUT2D eigenvalue weighted by Gasteiger charge is 2.35. The first kappa shape index (κ1) is 20.2. The van der Waals surface area contributed by atoms with E-state index in [1.165, 1.54) is 5.56 Å². The molecule has 0 aromatic heterocycles. The number of rotatable bonds is 6. The number of hydrogen-bond donors (Lipinski definition) is 1. The lowest BCUT2D eigenvalue weighted by molar-refractivity contribution is -0.126. The summed E-state index contributed by atoms with van der Waals surface area (Å²) in [6.07, 6.45) is 0.208. The van der Waals surface area contributed by atoms with E-state index < -0.39 is 0 Å². The second-order valence-electron chi connectivity index (χ2n) is 7.96. The summed E-state index contributed by atoms with van der Waals surface area (Å²) in [6, 6.07) is 13.5. The van der Waals surface area contributed by atoms with Crippen LogP contribution in [0.15, 0.2) is 42.5 Å². The molecule has 1 fully saturated rings. The summed E-state index contributed by atoms with van der Waals surface area (Å²) in [5.74, 6) is 0.800. The Morgan fingerprint density at radius 2 is 1.83 bits per heavy atom. The molecule has 1 saturated heterocycles. The second kappa shape index (κ2) is 8.75. The van der Waals surface area contributed by atoms with Gasteiger partial charge < -0.3 is 24.6 Å². The Balaban J connectivity index is 1.39. The van der Waals surface area contributed by atoms with Crippen LogP contribution in [0.3, 0.4) is 0 Å². The number of nitrogens with one attached hydrogen (secondary N) is 1. The van der Waals surface area contributed by atoms with Crippen molar-refractivity contribution in [2.45, 2.75) is 19.5 Å². The highest BCUT2D eigenvalue weighted by Crippen LogP contribution is 2.36. The van der Waals surface area contributed by atoms with Crippen molar-refractivity contribution < 1.29 is 19.1 Å². The quantitative estimate of drug-likeness (QED) is 0.792.